The number of rotatable bonds is 5. The minimum absolute atomic E-state index is 0.0457. The van der Waals surface area contributed by atoms with Gasteiger partial charge in [-0.1, -0.05) is 67.2 Å². The van der Waals surface area contributed by atoms with Crippen molar-refractivity contribution in [1.29, 1.82) is 0 Å². The van der Waals surface area contributed by atoms with Crippen LogP contribution < -0.4 is 10.9 Å². The Hall–Kier alpha value is -3.42. The van der Waals surface area contributed by atoms with Crippen molar-refractivity contribution in [3.8, 4) is 5.69 Å². The average molecular weight is 512 g/mol. The van der Waals surface area contributed by atoms with Gasteiger partial charge in [-0.25, -0.2) is 4.98 Å². The lowest BCUT2D eigenvalue weighted by Crippen LogP contribution is -2.23. The minimum Gasteiger partial charge on any atom is -0.325 e. The van der Waals surface area contributed by atoms with E-state index in [1.165, 1.54) is 22.2 Å². The van der Waals surface area contributed by atoms with E-state index in [0.29, 0.717) is 11.1 Å². The average Bonchev–Trinajstić information content (AvgIpc) is 3.25. The predicted molar refractivity (Wildman–Crippen MR) is 150 cm³/mol. The quantitative estimate of drug-likeness (QED) is 0.217. The summed E-state index contributed by atoms with van der Waals surface area (Å²) in [4.78, 5) is 33.7. The normalized spacial score (nSPS) is 15.2. The van der Waals surface area contributed by atoms with Crippen LogP contribution >= 0.6 is 23.1 Å². The first-order valence-electron chi connectivity index (χ1n) is 12.1. The maximum absolute atomic E-state index is 13.8. The second-order valence-corrected chi connectivity index (χ2v) is 11.3. The molecule has 1 N–H and O–H groups in total. The third-order valence-electron chi connectivity index (χ3n) is 6.68. The number of amides is 1. The van der Waals surface area contributed by atoms with Gasteiger partial charge in [0.2, 0.25) is 5.91 Å². The Labute approximate surface area is 217 Å². The molecular formula is C29H25N3O2S2. The molecule has 0 bridgehead atoms. The van der Waals surface area contributed by atoms with E-state index in [2.05, 4.69) is 12.2 Å². The Morgan fingerprint density at radius 3 is 2.69 bits per heavy atom. The molecule has 1 aliphatic carbocycles. The van der Waals surface area contributed by atoms with E-state index in [0.717, 1.165) is 51.6 Å². The number of thioether (sulfide) groups is 1. The number of aryl methyl sites for hydroxylation is 1. The number of hydrogen-bond acceptors (Lipinski definition) is 5. The van der Waals surface area contributed by atoms with Crippen LogP contribution in [0.2, 0.25) is 0 Å². The van der Waals surface area contributed by atoms with Crippen molar-refractivity contribution in [3.63, 3.8) is 0 Å². The van der Waals surface area contributed by atoms with Gasteiger partial charge >= 0.3 is 0 Å². The highest BCUT2D eigenvalue weighted by Crippen LogP contribution is 2.37. The van der Waals surface area contributed by atoms with Gasteiger partial charge in [0.1, 0.15) is 4.83 Å². The third-order valence-corrected chi connectivity index (χ3v) is 8.77. The summed E-state index contributed by atoms with van der Waals surface area (Å²) in [6, 6.07) is 23.5. The second-order valence-electron chi connectivity index (χ2n) is 9.30. The van der Waals surface area contributed by atoms with Gasteiger partial charge in [0, 0.05) is 10.6 Å². The highest BCUT2D eigenvalue weighted by atomic mass is 32.2. The largest absolute Gasteiger partial charge is 0.325 e. The molecule has 1 atom stereocenters. The Kier molecular flexibility index (Phi) is 6.11. The zero-order chi connectivity index (χ0) is 24.6. The minimum atomic E-state index is -0.136. The van der Waals surface area contributed by atoms with Crippen LogP contribution in [0.3, 0.4) is 0 Å². The molecule has 2 heterocycles. The molecule has 1 amide bonds. The van der Waals surface area contributed by atoms with Crippen LogP contribution in [-0.2, 0) is 17.6 Å². The lowest BCUT2D eigenvalue weighted by molar-refractivity contribution is -0.113. The topological polar surface area (TPSA) is 64.0 Å². The molecule has 0 aliphatic heterocycles. The zero-order valence-electron chi connectivity index (χ0n) is 19.9. The predicted octanol–water partition coefficient (Wildman–Crippen LogP) is 6.46. The summed E-state index contributed by atoms with van der Waals surface area (Å²) in [6.45, 7) is 2.26. The van der Waals surface area contributed by atoms with Gasteiger partial charge in [-0.2, -0.15) is 0 Å². The Morgan fingerprint density at radius 2 is 1.86 bits per heavy atom. The second kappa shape index (κ2) is 9.56. The van der Waals surface area contributed by atoms with E-state index >= 15 is 0 Å². The molecule has 2 aromatic heterocycles. The number of anilines is 1. The first kappa shape index (κ1) is 23.0. The van der Waals surface area contributed by atoms with E-state index in [-0.39, 0.29) is 17.2 Å². The van der Waals surface area contributed by atoms with Crippen molar-refractivity contribution in [2.24, 2.45) is 5.92 Å². The maximum Gasteiger partial charge on any atom is 0.267 e. The van der Waals surface area contributed by atoms with E-state index < -0.39 is 0 Å². The molecule has 7 heteroatoms. The number of nitrogens with one attached hydrogen (secondary N) is 1. The van der Waals surface area contributed by atoms with E-state index in [4.69, 9.17) is 4.98 Å². The molecule has 3 aromatic carbocycles. The summed E-state index contributed by atoms with van der Waals surface area (Å²) >= 11 is 2.93. The lowest BCUT2D eigenvalue weighted by atomic mass is 9.89. The molecule has 36 heavy (non-hydrogen) atoms. The van der Waals surface area contributed by atoms with Gasteiger partial charge in [0.25, 0.3) is 5.56 Å². The lowest BCUT2D eigenvalue weighted by Gasteiger charge is -2.17. The van der Waals surface area contributed by atoms with Crippen molar-refractivity contribution in [2.75, 3.05) is 11.1 Å². The SMILES string of the molecule is C[C@@H]1CCc2c(sc3nc(SCC(=O)Nc4ccc5ccccc5c4)n(-c4ccccc4)c(=O)c23)C1. The highest BCUT2D eigenvalue weighted by molar-refractivity contribution is 7.99. The van der Waals surface area contributed by atoms with Crippen molar-refractivity contribution >= 4 is 55.7 Å². The highest BCUT2D eigenvalue weighted by Gasteiger charge is 2.25. The fourth-order valence-corrected chi connectivity index (χ4v) is 7.10. The summed E-state index contributed by atoms with van der Waals surface area (Å²) < 4.78 is 1.67. The Morgan fingerprint density at radius 1 is 1.08 bits per heavy atom. The Balaban J connectivity index is 1.33. The standard InChI is InChI=1S/C29H25N3O2S2/c1-18-11-14-23-24(15-18)36-27-26(23)28(34)32(22-9-3-2-4-10-22)29(31-27)35-17-25(33)30-21-13-12-19-7-5-6-8-20(19)16-21/h2-10,12-13,16,18H,11,14-15,17H2,1H3,(H,30,33)/t18-/m1/s1. The fourth-order valence-electron chi connectivity index (χ4n) is 4.87. The van der Waals surface area contributed by atoms with Gasteiger partial charge < -0.3 is 5.32 Å². The molecule has 180 valence electrons. The molecule has 0 unspecified atom stereocenters. The molecular weight excluding hydrogens is 486 g/mol. The van der Waals surface area contributed by atoms with Crippen LogP contribution in [-0.4, -0.2) is 21.2 Å². The monoisotopic (exact) mass is 511 g/mol. The molecule has 1 aliphatic rings. The fraction of sp³-hybridized carbons (Fsp3) is 0.207. The first-order chi connectivity index (χ1) is 17.6. The third kappa shape index (κ3) is 4.33. The van der Waals surface area contributed by atoms with Gasteiger partial charge in [-0.15, -0.1) is 11.3 Å². The van der Waals surface area contributed by atoms with Gasteiger partial charge in [0.15, 0.2) is 5.16 Å². The van der Waals surface area contributed by atoms with Crippen LogP contribution in [0.5, 0.6) is 0 Å². The number of hydrogen-bond donors (Lipinski definition) is 1. The molecule has 6 rings (SSSR count). The smallest absolute Gasteiger partial charge is 0.267 e. The van der Waals surface area contributed by atoms with Crippen LogP contribution in [0.1, 0.15) is 23.8 Å². The van der Waals surface area contributed by atoms with E-state index in [1.54, 1.807) is 15.9 Å². The van der Waals surface area contributed by atoms with Crippen LogP contribution in [0.4, 0.5) is 5.69 Å². The maximum atomic E-state index is 13.8. The van der Waals surface area contributed by atoms with E-state index in [1.807, 2.05) is 72.8 Å². The van der Waals surface area contributed by atoms with Crippen molar-refractivity contribution < 1.29 is 4.79 Å². The molecule has 5 aromatic rings. The van der Waals surface area contributed by atoms with Crippen molar-refractivity contribution in [3.05, 3.63) is 93.6 Å². The number of aromatic nitrogens is 2. The molecule has 0 spiro atoms. The van der Waals surface area contributed by atoms with Gasteiger partial charge in [-0.3, -0.25) is 14.2 Å². The first-order valence-corrected chi connectivity index (χ1v) is 13.9. The molecule has 0 saturated heterocycles. The van der Waals surface area contributed by atoms with Gasteiger partial charge in [-0.05, 0) is 65.8 Å². The molecule has 0 fully saturated rings. The summed E-state index contributed by atoms with van der Waals surface area (Å²) in [7, 11) is 0. The number of carbonyl (C=O) groups is 1. The molecule has 0 saturated carbocycles. The summed E-state index contributed by atoms with van der Waals surface area (Å²) in [5.41, 5.74) is 2.64. The number of nitrogens with zero attached hydrogens (tertiary/aromatic N) is 2. The number of thiophene rings is 1. The number of fused-ring (bicyclic) bond motifs is 4. The summed E-state index contributed by atoms with van der Waals surface area (Å²) in [5.74, 6) is 0.637. The van der Waals surface area contributed by atoms with Gasteiger partial charge in [0.05, 0.1) is 16.8 Å². The number of benzene rings is 3. The van der Waals surface area contributed by atoms with Crippen LogP contribution in [0, 0.1) is 5.92 Å². The number of para-hydroxylation sites is 1. The van der Waals surface area contributed by atoms with E-state index in [9.17, 15) is 9.59 Å². The van der Waals surface area contributed by atoms with Crippen molar-refractivity contribution in [2.45, 2.75) is 31.3 Å². The van der Waals surface area contributed by atoms with Crippen LogP contribution in [0.25, 0.3) is 26.7 Å². The number of carbonyl (C=O) groups excluding carboxylic acids is 1. The summed E-state index contributed by atoms with van der Waals surface area (Å²) in [5, 5.41) is 6.47. The molecule has 5 nitrogen and oxygen atoms in total. The Bertz CT molecular complexity index is 1660. The zero-order valence-corrected chi connectivity index (χ0v) is 21.5. The molecule has 0 radical (unpaired) electrons. The summed E-state index contributed by atoms with van der Waals surface area (Å²) in [6.07, 6.45) is 3.01. The van der Waals surface area contributed by atoms with Crippen LogP contribution in [0.15, 0.2) is 82.7 Å². The van der Waals surface area contributed by atoms with Crippen molar-refractivity contribution in [1.82, 2.24) is 9.55 Å².